The van der Waals surface area contributed by atoms with E-state index in [4.69, 9.17) is 5.11 Å². The van der Waals surface area contributed by atoms with Gasteiger partial charge in [0.1, 0.15) is 10.6 Å². The van der Waals surface area contributed by atoms with E-state index in [-0.39, 0.29) is 16.2 Å². The largest absolute Gasteiger partial charge is 0.507 e. The molecule has 0 spiro atoms. The quantitative estimate of drug-likeness (QED) is 0.819. The van der Waals surface area contributed by atoms with Crippen molar-refractivity contribution in [3.05, 3.63) is 40.1 Å². The molecular formula is C12H8O4S. The molecule has 0 aliphatic carbocycles. The number of hydrogen-bond donors (Lipinski definition) is 2. The fourth-order valence-corrected chi connectivity index (χ4v) is 2.22. The lowest BCUT2D eigenvalue weighted by atomic mass is 10.0. The molecule has 86 valence electrons. The molecule has 0 saturated heterocycles. The molecule has 0 radical (unpaired) electrons. The van der Waals surface area contributed by atoms with Crippen molar-refractivity contribution in [2.24, 2.45) is 0 Å². The number of benzene rings is 1. The standard InChI is InChI=1S/C12H8O4S/c13-5-7-2-1-3-9(11(7)14)8-4-10(12(15)16)17-6-8/h1-6,14H,(H,15,16). The first-order chi connectivity index (χ1) is 8.13. The molecule has 0 aliphatic heterocycles. The molecule has 1 aromatic heterocycles. The van der Waals surface area contributed by atoms with E-state index in [1.807, 2.05) is 0 Å². The highest BCUT2D eigenvalue weighted by Gasteiger charge is 2.12. The summed E-state index contributed by atoms with van der Waals surface area (Å²) in [6.45, 7) is 0. The first kappa shape index (κ1) is 11.3. The molecule has 0 saturated carbocycles. The van der Waals surface area contributed by atoms with E-state index < -0.39 is 5.97 Å². The predicted molar refractivity (Wildman–Crippen MR) is 63.8 cm³/mol. The van der Waals surface area contributed by atoms with Gasteiger partial charge >= 0.3 is 5.97 Å². The van der Waals surface area contributed by atoms with Crippen molar-refractivity contribution in [1.82, 2.24) is 0 Å². The van der Waals surface area contributed by atoms with Gasteiger partial charge in [-0.3, -0.25) is 4.79 Å². The number of phenolic OH excluding ortho intramolecular Hbond substituents is 1. The van der Waals surface area contributed by atoms with Gasteiger partial charge in [-0.25, -0.2) is 4.79 Å². The highest BCUT2D eigenvalue weighted by atomic mass is 32.1. The van der Waals surface area contributed by atoms with Gasteiger partial charge in [0.05, 0.1) is 5.56 Å². The number of aromatic carboxylic acids is 1. The molecule has 17 heavy (non-hydrogen) atoms. The maximum Gasteiger partial charge on any atom is 0.345 e. The number of thiophene rings is 1. The molecule has 2 aromatic rings. The number of carbonyl (C=O) groups is 2. The molecule has 0 fully saturated rings. The van der Waals surface area contributed by atoms with Gasteiger partial charge in [0.15, 0.2) is 6.29 Å². The van der Waals surface area contributed by atoms with Gasteiger partial charge in [0.25, 0.3) is 0 Å². The Bertz CT molecular complexity index is 586. The van der Waals surface area contributed by atoms with Crippen LogP contribution < -0.4 is 0 Å². The molecule has 0 aliphatic rings. The number of hydrogen-bond acceptors (Lipinski definition) is 4. The van der Waals surface area contributed by atoms with Crippen molar-refractivity contribution < 1.29 is 19.8 Å². The van der Waals surface area contributed by atoms with Gasteiger partial charge in [-0.2, -0.15) is 0 Å². The van der Waals surface area contributed by atoms with Crippen LogP contribution in [0.2, 0.25) is 0 Å². The summed E-state index contributed by atoms with van der Waals surface area (Å²) >= 11 is 1.08. The van der Waals surface area contributed by atoms with Crippen LogP contribution in [0, 0.1) is 0 Å². The van der Waals surface area contributed by atoms with Crippen molar-refractivity contribution in [2.75, 3.05) is 0 Å². The smallest absolute Gasteiger partial charge is 0.345 e. The number of aromatic hydroxyl groups is 1. The maximum atomic E-state index is 10.7. The van der Waals surface area contributed by atoms with Gasteiger partial charge in [-0.1, -0.05) is 12.1 Å². The van der Waals surface area contributed by atoms with Crippen LogP contribution in [-0.4, -0.2) is 22.5 Å². The van der Waals surface area contributed by atoms with Crippen molar-refractivity contribution in [3.8, 4) is 16.9 Å². The summed E-state index contributed by atoms with van der Waals surface area (Å²) in [5.41, 5.74) is 1.23. The zero-order chi connectivity index (χ0) is 12.4. The average Bonchev–Trinajstić information content (AvgIpc) is 2.78. The van der Waals surface area contributed by atoms with Crippen LogP contribution in [0.15, 0.2) is 29.6 Å². The number of carbonyl (C=O) groups excluding carboxylic acids is 1. The fraction of sp³-hybridized carbons (Fsp3) is 0. The lowest BCUT2D eigenvalue weighted by Gasteiger charge is -2.03. The Hall–Kier alpha value is -2.14. The number of para-hydroxylation sites is 1. The van der Waals surface area contributed by atoms with Crippen LogP contribution >= 0.6 is 11.3 Å². The average molecular weight is 248 g/mol. The number of phenols is 1. The summed E-state index contributed by atoms with van der Waals surface area (Å²) in [6, 6.07) is 6.24. The molecule has 5 heteroatoms. The number of aldehydes is 1. The summed E-state index contributed by atoms with van der Waals surface area (Å²) in [7, 11) is 0. The highest BCUT2D eigenvalue weighted by molar-refractivity contribution is 7.12. The Balaban J connectivity index is 2.52. The molecule has 1 aromatic carbocycles. The van der Waals surface area contributed by atoms with Crippen LogP contribution in [0.5, 0.6) is 5.75 Å². The normalized spacial score (nSPS) is 10.1. The van der Waals surface area contributed by atoms with Gasteiger partial charge in [0, 0.05) is 5.56 Å². The molecular weight excluding hydrogens is 240 g/mol. The van der Waals surface area contributed by atoms with E-state index in [1.54, 1.807) is 17.5 Å². The lowest BCUT2D eigenvalue weighted by Crippen LogP contribution is -1.90. The van der Waals surface area contributed by atoms with Crippen LogP contribution in [-0.2, 0) is 0 Å². The highest BCUT2D eigenvalue weighted by Crippen LogP contribution is 2.34. The Morgan fingerprint density at radius 1 is 1.35 bits per heavy atom. The predicted octanol–water partition coefficient (Wildman–Crippen LogP) is 2.63. The third-order valence-corrected chi connectivity index (χ3v) is 3.23. The van der Waals surface area contributed by atoms with Gasteiger partial charge in [-0.15, -0.1) is 11.3 Å². The summed E-state index contributed by atoms with van der Waals surface area (Å²) < 4.78 is 0. The fourth-order valence-electron chi connectivity index (χ4n) is 1.48. The monoisotopic (exact) mass is 248 g/mol. The first-order valence-electron chi connectivity index (χ1n) is 4.73. The minimum absolute atomic E-state index is 0.128. The van der Waals surface area contributed by atoms with Crippen molar-refractivity contribution >= 4 is 23.6 Å². The van der Waals surface area contributed by atoms with Crippen molar-refractivity contribution in [2.45, 2.75) is 0 Å². The van der Waals surface area contributed by atoms with E-state index in [1.165, 1.54) is 12.1 Å². The minimum atomic E-state index is -1.01. The molecule has 0 bridgehead atoms. The molecule has 2 rings (SSSR count). The van der Waals surface area contributed by atoms with Crippen LogP contribution in [0.25, 0.3) is 11.1 Å². The lowest BCUT2D eigenvalue weighted by molar-refractivity contribution is 0.0702. The minimum Gasteiger partial charge on any atom is -0.507 e. The number of rotatable bonds is 3. The molecule has 0 amide bonds. The molecule has 4 nitrogen and oxygen atoms in total. The van der Waals surface area contributed by atoms with Crippen molar-refractivity contribution in [3.63, 3.8) is 0 Å². The maximum absolute atomic E-state index is 10.7. The first-order valence-corrected chi connectivity index (χ1v) is 5.61. The summed E-state index contributed by atoms with van der Waals surface area (Å²) in [6.07, 6.45) is 0.559. The second-order valence-electron chi connectivity index (χ2n) is 3.37. The zero-order valence-corrected chi connectivity index (χ0v) is 9.40. The van der Waals surface area contributed by atoms with Crippen LogP contribution in [0.1, 0.15) is 20.0 Å². The molecule has 0 unspecified atom stereocenters. The van der Waals surface area contributed by atoms with E-state index in [0.717, 1.165) is 11.3 Å². The summed E-state index contributed by atoms with van der Waals surface area (Å²) in [5.74, 6) is -1.13. The van der Waals surface area contributed by atoms with Crippen LogP contribution in [0.4, 0.5) is 0 Å². The van der Waals surface area contributed by atoms with Gasteiger partial charge < -0.3 is 10.2 Å². The van der Waals surface area contributed by atoms with E-state index in [9.17, 15) is 14.7 Å². The molecule has 2 N–H and O–H groups in total. The number of carboxylic acids is 1. The van der Waals surface area contributed by atoms with E-state index >= 15 is 0 Å². The number of carboxylic acid groups (broad SMARTS) is 1. The Kier molecular flexibility index (Phi) is 2.93. The summed E-state index contributed by atoms with van der Waals surface area (Å²) in [4.78, 5) is 21.6. The summed E-state index contributed by atoms with van der Waals surface area (Å²) in [5, 5.41) is 20.3. The second-order valence-corrected chi connectivity index (χ2v) is 4.28. The Morgan fingerprint density at radius 3 is 2.71 bits per heavy atom. The molecule has 1 heterocycles. The third-order valence-electron chi connectivity index (χ3n) is 2.32. The second kappa shape index (κ2) is 4.39. The molecule has 0 atom stereocenters. The van der Waals surface area contributed by atoms with Crippen molar-refractivity contribution in [1.29, 1.82) is 0 Å². The van der Waals surface area contributed by atoms with Crippen LogP contribution in [0.3, 0.4) is 0 Å². The Morgan fingerprint density at radius 2 is 2.12 bits per heavy atom. The van der Waals surface area contributed by atoms with E-state index in [0.29, 0.717) is 17.4 Å². The van der Waals surface area contributed by atoms with E-state index in [2.05, 4.69) is 0 Å². The SMILES string of the molecule is O=Cc1cccc(-c2csc(C(=O)O)c2)c1O. The Labute approximate surface area is 101 Å². The van der Waals surface area contributed by atoms with Gasteiger partial charge in [-0.05, 0) is 23.1 Å². The van der Waals surface area contributed by atoms with Gasteiger partial charge in [0.2, 0.25) is 0 Å². The zero-order valence-electron chi connectivity index (χ0n) is 8.58. The topological polar surface area (TPSA) is 74.6 Å². The third kappa shape index (κ3) is 2.05.